The SMILES string of the molecule is CC1CCC2C(CCC3C2C2C4CCC(N(C)C)CC4CCC2C3C2(C3CCCC3)CCC2)C1. The van der Waals surface area contributed by atoms with Crippen LogP contribution in [0.4, 0.5) is 0 Å². The van der Waals surface area contributed by atoms with E-state index in [2.05, 4.69) is 25.9 Å². The fourth-order valence-corrected chi connectivity index (χ4v) is 13.0. The Morgan fingerprint density at radius 1 is 0.588 bits per heavy atom. The second-order valence-electron chi connectivity index (χ2n) is 15.4. The summed E-state index contributed by atoms with van der Waals surface area (Å²) in [4.78, 5) is 2.57. The summed E-state index contributed by atoms with van der Waals surface area (Å²) in [6, 6.07) is 0.872. The average molecular weight is 466 g/mol. The molecule has 7 rings (SSSR count). The monoisotopic (exact) mass is 465 g/mol. The largest absolute Gasteiger partial charge is 0.306 e. The molecular weight excluding hydrogens is 410 g/mol. The molecule has 0 aliphatic heterocycles. The van der Waals surface area contributed by atoms with E-state index < -0.39 is 0 Å². The molecule has 7 aliphatic rings. The van der Waals surface area contributed by atoms with Crippen molar-refractivity contribution in [2.45, 2.75) is 122 Å². The highest BCUT2D eigenvalue weighted by molar-refractivity contribution is 5.15. The molecule has 0 aromatic heterocycles. The summed E-state index contributed by atoms with van der Waals surface area (Å²) in [5.74, 6) is 12.2. The first-order valence-corrected chi connectivity index (χ1v) is 16.2. The van der Waals surface area contributed by atoms with Crippen LogP contribution in [0.25, 0.3) is 0 Å². The first-order chi connectivity index (χ1) is 16.6. The van der Waals surface area contributed by atoms with E-state index in [1.807, 2.05) is 0 Å². The van der Waals surface area contributed by atoms with Crippen molar-refractivity contribution < 1.29 is 0 Å². The van der Waals surface area contributed by atoms with Gasteiger partial charge in [-0.05, 0) is 168 Å². The van der Waals surface area contributed by atoms with Gasteiger partial charge in [0, 0.05) is 6.04 Å². The molecule has 0 bridgehead atoms. The second-order valence-corrected chi connectivity index (χ2v) is 15.4. The highest BCUT2D eigenvalue weighted by Crippen LogP contribution is 2.73. The van der Waals surface area contributed by atoms with Gasteiger partial charge in [-0.1, -0.05) is 32.6 Å². The zero-order valence-corrected chi connectivity index (χ0v) is 22.9. The summed E-state index contributed by atoms with van der Waals surface area (Å²) in [6.07, 6.45) is 27.0. The molecule has 0 heterocycles. The molecule has 11 unspecified atom stereocenters. The van der Waals surface area contributed by atoms with Gasteiger partial charge in [-0.3, -0.25) is 0 Å². The van der Waals surface area contributed by atoms with Crippen LogP contribution >= 0.6 is 0 Å². The van der Waals surface area contributed by atoms with Gasteiger partial charge in [-0.25, -0.2) is 0 Å². The van der Waals surface area contributed by atoms with E-state index in [-0.39, 0.29) is 0 Å². The Bertz CT molecular complexity index is 731. The Kier molecular flexibility index (Phi) is 5.96. The summed E-state index contributed by atoms with van der Waals surface area (Å²) in [6.45, 7) is 2.57. The zero-order valence-electron chi connectivity index (χ0n) is 22.9. The van der Waals surface area contributed by atoms with Crippen LogP contribution in [0.2, 0.25) is 0 Å². The van der Waals surface area contributed by atoms with Crippen molar-refractivity contribution in [2.24, 2.45) is 70.5 Å². The fourth-order valence-electron chi connectivity index (χ4n) is 13.0. The Morgan fingerprint density at radius 2 is 1.18 bits per heavy atom. The van der Waals surface area contributed by atoms with Crippen LogP contribution in [0.15, 0.2) is 0 Å². The minimum Gasteiger partial charge on any atom is -0.306 e. The first-order valence-electron chi connectivity index (χ1n) is 16.2. The number of nitrogens with zero attached hydrogens (tertiary/aromatic N) is 1. The maximum absolute atomic E-state index is 2.57. The van der Waals surface area contributed by atoms with Crippen LogP contribution in [0.5, 0.6) is 0 Å². The molecular formula is C33H55N. The molecule has 1 heteroatoms. The lowest BCUT2D eigenvalue weighted by Gasteiger charge is -2.57. The molecule has 0 saturated heterocycles. The predicted octanol–water partition coefficient (Wildman–Crippen LogP) is 8.43. The topological polar surface area (TPSA) is 3.24 Å². The molecule has 0 spiro atoms. The van der Waals surface area contributed by atoms with Gasteiger partial charge in [0.2, 0.25) is 0 Å². The van der Waals surface area contributed by atoms with Gasteiger partial charge >= 0.3 is 0 Å². The van der Waals surface area contributed by atoms with Crippen molar-refractivity contribution >= 4 is 0 Å². The summed E-state index contributed by atoms with van der Waals surface area (Å²) in [7, 11) is 4.71. The Hall–Kier alpha value is -0.0400. The minimum atomic E-state index is 0.807. The van der Waals surface area contributed by atoms with Crippen LogP contribution in [-0.2, 0) is 0 Å². The maximum atomic E-state index is 2.57. The zero-order chi connectivity index (χ0) is 23.0. The number of hydrogen-bond acceptors (Lipinski definition) is 1. The second kappa shape index (κ2) is 8.77. The van der Waals surface area contributed by atoms with Gasteiger partial charge in [0.05, 0.1) is 0 Å². The lowest BCUT2D eigenvalue weighted by Crippen LogP contribution is -2.49. The van der Waals surface area contributed by atoms with Crippen molar-refractivity contribution in [2.75, 3.05) is 14.1 Å². The summed E-state index contributed by atoms with van der Waals surface area (Å²) in [5, 5.41) is 0. The normalized spacial score (nSPS) is 52.4. The van der Waals surface area contributed by atoms with Gasteiger partial charge in [0.15, 0.2) is 0 Å². The van der Waals surface area contributed by atoms with E-state index in [9.17, 15) is 0 Å². The number of rotatable bonds is 3. The molecule has 7 aliphatic carbocycles. The van der Waals surface area contributed by atoms with Crippen molar-refractivity contribution in [3.8, 4) is 0 Å². The van der Waals surface area contributed by atoms with Crippen LogP contribution in [-0.4, -0.2) is 25.0 Å². The van der Waals surface area contributed by atoms with E-state index in [1.165, 1.54) is 12.8 Å². The Balaban J connectivity index is 1.25. The van der Waals surface area contributed by atoms with Crippen LogP contribution in [0.1, 0.15) is 116 Å². The number of fused-ring (bicyclic) bond motifs is 7. The molecule has 0 N–H and O–H groups in total. The van der Waals surface area contributed by atoms with Crippen molar-refractivity contribution in [3.05, 3.63) is 0 Å². The molecule has 34 heavy (non-hydrogen) atoms. The third-order valence-electron chi connectivity index (χ3n) is 14.2. The van der Waals surface area contributed by atoms with E-state index >= 15 is 0 Å². The van der Waals surface area contributed by atoms with Crippen LogP contribution < -0.4 is 0 Å². The molecule has 1 nitrogen and oxygen atoms in total. The third kappa shape index (κ3) is 3.40. The smallest absolute Gasteiger partial charge is 0.00920 e. The molecule has 0 amide bonds. The lowest BCUT2D eigenvalue weighted by molar-refractivity contribution is -0.0775. The Morgan fingerprint density at radius 3 is 1.76 bits per heavy atom. The van der Waals surface area contributed by atoms with E-state index in [0.717, 1.165) is 76.6 Å². The molecule has 7 fully saturated rings. The van der Waals surface area contributed by atoms with Gasteiger partial charge < -0.3 is 4.90 Å². The van der Waals surface area contributed by atoms with Crippen molar-refractivity contribution in [1.29, 1.82) is 0 Å². The molecule has 192 valence electrons. The Labute approximate surface area is 211 Å². The molecule has 11 atom stereocenters. The standard InChI is InChI=1S/C33H55N/c1-21-9-13-26-22(19-21)10-14-28-30(26)31-27-16-12-25(34(2)3)20-23(27)11-15-29(31)32(28)33(17-6-18-33)24-7-4-5-8-24/h21-32H,4-20H2,1-3H3. The lowest BCUT2D eigenvalue weighted by atomic mass is 9.48. The fraction of sp³-hybridized carbons (Fsp3) is 1.00. The van der Waals surface area contributed by atoms with Gasteiger partial charge in [-0.15, -0.1) is 0 Å². The molecule has 0 aromatic carbocycles. The first kappa shape index (κ1) is 23.1. The van der Waals surface area contributed by atoms with Gasteiger partial charge in [0.25, 0.3) is 0 Å². The summed E-state index contributed by atoms with van der Waals surface area (Å²) in [5.41, 5.74) is 0.807. The predicted molar refractivity (Wildman–Crippen MR) is 142 cm³/mol. The number of hydrogen-bond donors (Lipinski definition) is 0. The molecule has 0 radical (unpaired) electrons. The van der Waals surface area contributed by atoms with Crippen LogP contribution in [0.3, 0.4) is 0 Å². The summed E-state index contributed by atoms with van der Waals surface area (Å²) >= 11 is 0. The average Bonchev–Trinajstić information content (AvgIpc) is 3.45. The molecule has 7 saturated carbocycles. The van der Waals surface area contributed by atoms with E-state index in [0.29, 0.717) is 0 Å². The third-order valence-corrected chi connectivity index (χ3v) is 14.2. The van der Waals surface area contributed by atoms with Crippen molar-refractivity contribution in [1.82, 2.24) is 4.90 Å². The van der Waals surface area contributed by atoms with Crippen molar-refractivity contribution in [3.63, 3.8) is 0 Å². The summed E-state index contributed by atoms with van der Waals surface area (Å²) < 4.78 is 0. The van der Waals surface area contributed by atoms with E-state index in [4.69, 9.17) is 0 Å². The quantitative estimate of drug-likeness (QED) is 0.404. The van der Waals surface area contributed by atoms with Gasteiger partial charge in [-0.2, -0.15) is 0 Å². The highest BCUT2D eigenvalue weighted by atomic mass is 15.1. The minimum absolute atomic E-state index is 0.807. The maximum Gasteiger partial charge on any atom is 0.00920 e. The van der Waals surface area contributed by atoms with Gasteiger partial charge in [0.1, 0.15) is 0 Å². The highest BCUT2D eigenvalue weighted by Gasteiger charge is 2.66. The van der Waals surface area contributed by atoms with Crippen LogP contribution in [0, 0.1) is 70.5 Å². The van der Waals surface area contributed by atoms with E-state index in [1.54, 1.807) is 96.3 Å². The molecule has 0 aromatic rings.